The van der Waals surface area contributed by atoms with Crippen molar-refractivity contribution in [1.82, 2.24) is 14.9 Å². The Morgan fingerprint density at radius 1 is 1.43 bits per heavy atom. The number of imidazole rings is 1. The number of rotatable bonds is 7. The monoisotopic (exact) mass is 294 g/mol. The first-order valence-electron chi connectivity index (χ1n) is 8.09. The van der Waals surface area contributed by atoms with E-state index in [1.54, 1.807) is 7.11 Å². The van der Waals surface area contributed by atoms with Crippen molar-refractivity contribution in [3.8, 4) is 0 Å². The predicted molar refractivity (Wildman–Crippen MR) is 87.0 cm³/mol. The molecule has 1 N–H and O–H groups in total. The highest BCUT2D eigenvalue weighted by Crippen LogP contribution is 2.26. The quantitative estimate of drug-likeness (QED) is 0.837. The lowest BCUT2D eigenvalue weighted by Gasteiger charge is -2.33. The highest BCUT2D eigenvalue weighted by molar-refractivity contribution is 5.34. The molecule has 1 aromatic heterocycles. The third kappa shape index (κ3) is 4.20. The molecule has 21 heavy (non-hydrogen) atoms. The number of hydrogen-bond acceptors (Lipinski definition) is 4. The van der Waals surface area contributed by atoms with Gasteiger partial charge in [-0.15, -0.1) is 0 Å². The Bertz CT molecular complexity index is 424. The van der Waals surface area contributed by atoms with Gasteiger partial charge in [-0.25, -0.2) is 4.98 Å². The molecule has 120 valence electrons. The maximum Gasteiger partial charge on any atom is 0.206 e. The van der Waals surface area contributed by atoms with Gasteiger partial charge in [-0.3, -0.25) is 0 Å². The fourth-order valence-electron chi connectivity index (χ4n) is 3.15. The van der Waals surface area contributed by atoms with Crippen LogP contribution in [0.1, 0.15) is 37.9 Å². The Balaban J connectivity index is 1.99. The molecule has 1 aliphatic rings. The number of aryl methyl sites for hydroxylation is 1. The Kier molecular flexibility index (Phi) is 6.06. The molecule has 0 radical (unpaired) electrons. The lowest BCUT2D eigenvalue weighted by atomic mass is 9.94. The van der Waals surface area contributed by atoms with Crippen LogP contribution >= 0.6 is 0 Å². The Labute approximate surface area is 128 Å². The first kappa shape index (κ1) is 16.3. The summed E-state index contributed by atoms with van der Waals surface area (Å²) in [4.78, 5) is 7.19. The van der Waals surface area contributed by atoms with E-state index in [1.165, 1.54) is 19.3 Å². The molecule has 5 heteroatoms. The third-order valence-electron chi connectivity index (χ3n) is 4.42. The highest BCUT2D eigenvalue weighted by atomic mass is 16.5. The topological polar surface area (TPSA) is 42.3 Å². The largest absolute Gasteiger partial charge is 0.383 e. The van der Waals surface area contributed by atoms with Crippen LogP contribution in [0, 0.1) is 12.8 Å². The molecule has 2 rings (SSSR count). The van der Waals surface area contributed by atoms with Gasteiger partial charge in [-0.2, -0.15) is 0 Å². The van der Waals surface area contributed by atoms with Gasteiger partial charge in [0.15, 0.2) is 0 Å². The number of piperidine rings is 1. The average Bonchev–Trinajstić information content (AvgIpc) is 2.88. The van der Waals surface area contributed by atoms with Crippen molar-refractivity contribution in [2.75, 3.05) is 45.3 Å². The Hall–Kier alpha value is -1.07. The van der Waals surface area contributed by atoms with Gasteiger partial charge in [0.05, 0.1) is 18.3 Å². The van der Waals surface area contributed by atoms with Crippen molar-refractivity contribution in [2.24, 2.45) is 5.92 Å². The lowest BCUT2D eigenvalue weighted by Crippen LogP contribution is -2.36. The second kappa shape index (κ2) is 7.80. The number of methoxy groups -OCH3 is 1. The van der Waals surface area contributed by atoms with Crippen molar-refractivity contribution < 1.29 is 4.74 Å². The summed E-state index contributed by atoms with van der Waals surface area (Å²) in [6, 6.07) is 0.327. The minimum absolute atomic E-state index is 0.327. The Morgan fingerprint density at radius 2 is 2.14 bits per heavy atom. The smallest absolute Gasteiger partial charge is 0.206 e. The fourth-order valence-corrected chi connectivity index (χ4v) is 3.15. The van der Waals surface area contributed by atoms with Crippen LogP contribution in [-0.4, -0.2) is 49.9 Å². The number of anilines is 1. The van der Waals surface area contributed by atoms with Gasteiger partial charge in [0.25, 0.3) is 0 Å². The number of nitrogens with zero attached hydrogens (tertiary/aromatic N) is 3. The normalized spacial score (nSPS) is 18.2. The molecule has 2 heterocycles. The molecule has 5 nitrogen and oxygen atoms in total. The van der Waals surface area contributed by atoms with E-state index in [1.807, 2.05) is 7.05 Å². The summed E-state index contributed by atoms with van der Waals surface area (Å²) in [5.41, 5.74) is 1.09. The molecule has 0 saturated carbocycles. The molecule has 1 atom stereocenters. The van der Waals surface area contributed by atoms with Crippen LogP contribution in [0.5, 0.6) is 0 Å². The standard InChI is InChI=1S/C16H30N4O/c1-13-11-20(14(2)12-21-4)16(18-13)19-9-6-15(7-10-19)5-8-17-3/h11,14-15,17H,5-10,12H2,1-4H3. The average molecular weight is 294 g/mol. The van der Waals surface area contributed by atoms with E-state index in [4.69, 9.17) is 9.72 Å². The molecular formula is C16H30N4O. The van der Waals surface area contributed by atoms with Gasteiger partial charge in [-0.1, -0.05) is 0 Å². The zero-order valence-corrected chi connectivity index (χ0v) is 13.9. The first-order chi connectivity index (χ1) is 10.2. The van der Waals surface area contributed by atoms with Gasteiger partial charge >= 0.3 is 0 Å². The van der Waals surface area contributed by atoms with Gasteiger partial charge in [-0.05, 0) is 52.6 Å². The molecule has 0 aliphatic carbocycles. The maximum atomic E-state index is 5.30. The summed E-state index contributed by atoms with van der Waals surface area (Å²) >= 11 is 0. The molecule has 1 aromatic rings. The summed E-state index contributed by atoms with van der Waals surface area (Å²) in [6.07, 6.45) is 5.97. The summed E-state index contributed by atoms with van der Waals surface area (Å²) in [7, 11) is 3.79. The van der Waals surface area contributed by atoms with E-state index >= 15 is 0 Å². The van der Waals surface area contributed by atoms with Crippen molar-refractivity contribution in [1.29, 1.82) is 0 Å². The van der Waals surface area contributed by atoms with Crippen molar-refractivity contribution >= 4 is 5.95 Å². The molecule has 1 saturated heterocycles. The SMILES string of the molecule is CNCCC1CCN(c2nc(C)cn2C(C)COC)CC1. The molecule has 0 bridgehead atoms. The van der Waals surface area contributed by atoms with Gasteiger partial charge in [0.1, 0.15) is 0 Å². The summed E-state index contributed by atoms with van der Waals surface area (Å²) in [5.74, 6) is 1.97. The zero-order valence-electron chi connectivity index (χ0n) is 13.9. The fraction of sp³-hybridized carbons (Fsp3) is 0.812. The molecule has 1 fully saturated rings. The van der Waals surface area contributed by atoms with E-state index in [2.05, 4.69) is 34.8 Å². The second-order valence-electron chi connectivity index (χ2n) is 6.22. The van der Waals surface area contributed by atoms with Crippen molar-refractivity contribution in [3.63, 3.8) is 0 Å². The van der Waals surface area contributed by atoms with Crippen LogP contribution in [-0.2, 0) is 4.74 Å². The lowest BCUT2D eigenvalue weighted by molar-refractivity contribution is 0.162. The molecule has 0 aromatic carbocycles. The van der Waals surface area contributed by atoms with E-state index in [9.17, 15) is 0 Å². The van der Waals surface area contributed by atoms with E-state index in [0.717, 1.165) is 43.8 Å². The third-order valence-corrected chi connectivity index (χ3v) is 4.42. The number of ether oxygens (including phenoxy) is 1. The Morgan fingerprint density at radius 3 is 2.76 bits per heavy atom. The number of aromatic nitrogens is 2. The number of nitrogens with one attached hydrogen (secondary N) is 1. The summed E-state index contributed by atoms with van der Waals surface area (Å²) < 4.78 is 7.57. The van der Waals surface area contributed by atoms with Gasteiger partial charge in [0.2, 0.25) is 5.95 Å². The second-order valence-corrected chi connectivity index (χ2v) is 6.22. The predicted octanol–water partition coefficient (Wildman–Crippen LogP) is 2.22. The zero-order chi connectivity index (χ0) is 15.2. The van der Waals surface area contributed by atoms with Crippen LogP contribution in [0.15, 0.2) is 6.20 Å². The van der Waals surface area contributed by atoms with Gasteiger partial charge < -0.3 is 19.5 Å². The summed E-state index contributed by atoms with van der Waals surface area (Å²) in [6.45, 7) is 8.34. The number of hydrogen-bond donors (Lipinski definition) is 1. The van der Waals surface area contributed by atoms with E-state index < -0.39 is 0 Å². The molecule has 1 unspecified atom stereocenters. The van der Waals surface area contributed by atoms with E-state index in [0.29, 0.717) is 6.04 Å². The first-order valence-corrected chi connectivity index (χ1v) is 8.09. The van der Waals surface area contributed by atoms with E-state index in [-0.39, 0.29) is 0 Å². The highest BCUT2D eigenvalue weighted by Gasteiger charge is 2.23. The van der Waals surface area contributed by atoms with Crippen LogP contribution < -0.4 is 10.2 Å². The van der Waals surface area contributed by atoms with Crippen molar-refractivity contribution in [3.05, 3.63) is 11.9 Å². The van der Waals surface area contributed by atoms with Crippen LogP contribution in [0.4, 0.5) is 5.95 Å². The molecule has 0 amide bonds. The molecule has 1 aliphatic heterocycles. The summed E-state index contributed by atoms with van der Waals surface area (Å²) in [5, 5.41) is 3.26. The van der Waals surface area contributed by atoms with Crippen molar-refractivity contribution in [2.45, 2.75) is 39.2 Å². The van der Waals surface area contributed by atoms with Crippen LogP contribution in [0.3, 0.4) is 0 Å². The maximum absolute atomic E-state index is 5.30. The molecule has 0 spiro atoms. The minimum Gasteiger partial charge on any atom is -0.383 e. The van der Waals surface area contributed by atoms with Crippen LogP contribution in [0.2, 0.25) is 0 Å². The van der Waals surface area contributed by atoms with Crippen LogP contribution in [0.25, 0.3) is 0 Å². The molecular weight excluding hydrogens is 264 g/mol. The van der Waals surface area contributed by atoms with Gasteiger partial charge in [0, 0.05) is 26.4 Å². The minimum atomic E-state index is 0.327.